The van der Waals surface area contributed by atoms with Gasteiger partial charge in [-0.25, -0.2) is 0 Å². The number of piperidine rings is 2. The van der Waals surface area contributed by atoms with Crippen LogP contribution in [0.3, 0.4) is 0 Å². The number of aromatic nitrogens is 1. The highest BCUT2D eigenvalue weighted by Crippen LogP contribution is 2.25. The van der Waals surface area contributed by atoms with Gasteiger partial charge in [-0.15, -0.1) is 0 Å². The summed E-state index contributed by atoms with van der Waals surface area (Å²) >= 11 is 0. The number of likely N-dealkylation sites (tertiary alicyclic amines) is 2. The Kier molecular flexibility index (Phi) is 5.55. The van der Waals surface area contributed by atoms with Crippen LogP contribution in [0.4, 0.5) is 0 Å². The lowest BCUT2D eigenvalue weighted by atomic mass is 9.92. The van der Waals surface area contributed by atoms with Crippen molar-refractivity contribution in [3.05, 3.63) is 30.0 Å². The van der Waals surface area contributed by atoms with Crippen LogP contribution in [-0.2, 0) is 4.79 Å². The van der Waals surface area contributed by atoms with Crippen LogP contribution in [0.25, 0.3) is 10.9 Å². The fraction of sp³-hybridized carbons (Fsp3) is 0.545. The monoisotopic (exact) mass is 383 g/mol. The summed E-state index contributed by atoms with van der Waals surface area (Å²) in [6.45, 7) is 3.27. The van der Waals surface area contributed by atoms with Crippen LogP contribution in [0.2, 0.25) is 0 Å². The van der Waals surface area contributed by atoms with E-state index in [0.29, 0.717) is 23.9 Å². The summed E-state index contributed by atoms with van der Waals surface area (Å²) in [6, 6.07) is 7.67. The van der Waals surface area contributed by atoms with E-state index >= 15 is 0 Å². The van der Waals surface area contributed by atoms with Gasteiger partial charge >= 0.3 is 0 Å². The third-order valence-corrected chi connectivity index (χ3v) is 6.13. The van der Waals surface area contributed by atoms with Gasteiger partial charge in [0.05, 0.1) is 7.11 Å². The van der Waals surface area contributed by atoms with E-state index in [1.165, 1.54) is 6.42 Å². The molecule has 0 radical (unpaired) electrons. The number of hydrogen-bond donors (Lipinski definition) is 1. The summed E-state index contributed by atoms with van der Waals surface area (Å²) in [5.74, 6) is 1.50. The lowest BCUT2D eigenvalue weighted by molar-refractivity contribution is -0.133. The summed E-state index contributed by atoms with van der Waals surface area (Å²) in [4.78, 5) is 32.5. The van der Waals surface area contributed by atoms with Gasteiger partial charge in [-0.3, -0.25) is 9.59 Å². The Morgan fingerprint density at radius 3 is 2.50 bits per heavy atom. The number of aromatic amines is 1. The van der Waals surface area contributed by atoms with Crippen LogP contribution in [0.15, 0.2) is 24.3 Å². The van der Waals surface area contributed by atoms with Crippen LogP contribution in [0, 0.1) is 5.92 Å². The molecule has 2 aliphatic rings. The van der Waals surface area contributed by atoms with Crippen molar-refractivity contribution in [1.29, 1.82) is 0 Å². The number of H-pyrrole nitrogens is 1. The SMILES string of the molecule is COc1ccc2cc(C(=O)N3CCC(CC(=O)N4CCCCC4)CC3)[nH]c2c1. The Balaban J connectivity index is 1.33. The lowest BCUT2D eigenvalue weighted by Gasteiger charge is -2.33. The molecule has 1 aromatic heterocycles. The number of nitrogens with zero attached hydrogens (tertiary/aromatic N) is 2. The topological polar surface area (TPSA) is 65.6 Å². The smallest absolute Gasteiger partial charge is 0.270 e. The van der Waals surface area contributed by atoms with Crippen LogP contribution in [0.1, 0.15) is 49.0 Å². The predicted octanol–water partition coefficient (Wildman–Crippen LogP) is 3.43. The molecule has 0 atom stereocenters. The van der Waals surface area contributed by atoms with Gasteiger partial charge in [0.1, 0.15) is 11.4 Å². The number of rotatable bonds is 4. The second-order valence-electron chi connectivity index (χ2n) is 8.02. The molecule has 6 nitrogen and oxygen atoms in total. The Morgan fingerprint density at radius 1 is 1.04 bits per heavy atom. The van der Waals surface area contributed by atoms with E-state index in [1.54, 1.807) is 7.11 Å². The first-order valence-corrected chi connectivity index (χ1v) is 10.4. The first-order chi connectivity index (χ1) is 13.6. The van der Waals surface area contributed by atoms with E-state index in [4.69, 9.17) is 4.74 Å². The Labute approximate surface area is 165 Å². The predicted molar refractivity (Wildman–Crippen MR) is 109 cm³/mol. The van der Waals surface area contributed by atoms with Crippen molar-refractivity contribution in [3.8, 4) is 5.75 Å². The maximum absolute atomic E-state index is 12.9. The average molecular weight is 383 g/mol. The lowest BCUT2D eigenvalue weighted by Crippen LogP contribution is -2.41. The minimum Gasteiger partial charge on any atom is -0.497 e. The maximum Gasteiger partial charge on any atom is 0.270 e. The van der Waals surface area contributed by atoms with Gasteiger partial charge in [-0.2, -0.15) is 0 Å². The third-order valence-electron chi connectivity index (χ3n) is 6.13. The molecule has 28 heavy (non-hydrogen) atoms. The molecule has 2 amide bonds. The average Bonchev–Trinajstić information content (AvgIpc) is 3.17. The summed E-state index contributed by atoms with van der Waals surface area (Å²) in [6.07, 6.45) is 5.95. The quantitative estimate of drug-likeness (QED) is 0.880. The normalized spacial score (nSPS) is 18.5. The van der Waals surface area contributed by atoms with Crippen LogP contribution in [0.5, 0.6) is 5.75 Å². The van der Waals surface area contributed by atoms with Crippen LogP contribution in [-0.4, -0.2) is 59.9 Å². The number of methoxy groups -OCH3 is 1. The zero-order chi connectivity index (χ0) is 19.5. The standard InChI is InChI=1S/C22H29N3O3/c1-28-18-6-5-17-14-20(23-19(17)15-18)22(27)25-11-7-16(8-12-25)13-21(26)24-9-3-2-4-10-24/h5-6,14-16,23H,2-4,7-13H2,1H3. The summed E-state index contributed by atoms with van der Waals surface area (Å²) in [5.41, 5.74) is 1.52. The van der Waals surface area contributed by atoms with Crippen molar-refractivity contribution >= 4 is 22.7 Å². The number of hydrogen-bond acceptors (Lipinski definition) is 3. The Bertz CT molecular complexity index is 846. The zero-order valence-electron chi connectivity index (χ0n) is 16.6. The second-order valence-corrected chi connectivity index (χ2v) is 8.02. The molecular formula is C22H29N3O3. The van der Waals surface area contributed by atoms with Gasteiger partial charge in [0.2, 0.25) is 5.91 Å². The van der Waals surface area contributed by atoms with Crippen LogP contribution < -0.4 is 4.74 Å². The fourth-order valence-corrected chi connectivity index (χ4v) is 4.38. The van der Waals surface area contributed by atoms with Gasteiger partial charge in [0.15, 0.2) is 0 Å². The first kappa shape index (κ1) is 18.8. The van der Waals surface area contributed by atoms with E-state index in [-0.39, 0.29) is 5.91 Å². The van der Waals surface area contributed by atoms with E-state index in [9.17, 15) is 9.59 Å². The molecule has 3 heterocycles. The Hall–Kier alpha value is -2.50. The molecule has 2 aromatic rings. The largest absolute Gasteiger partial charge is 0.497 e. The highest BCUT2D eigenvalue weighted by atomic mass is 16.5. The fourth-order valence-electron chi connectivity index (χ4n) is 4.38. The zero-order valence-corrected chi connectivity index (χ0v) is 16.6. The summed E-state index contributed by atoms with van der Waals surface area (Å²) < 4.78 is 5.25. The molecule has 0 saturated carbocycles. The van der Waals surface area contributed by atoms with Crippen molar-refractivity contribution in [2.75, 3.05) is 33.3 Å². The number of fused-ring (bicyclic) bond motifs is 1. The molecule has 4 rings (SSSR count). The maximum atomic E-state index is 12.9. The van der Waals surface area contributed by atoms with E-state index < -0.39 is 0 Å². The molecule has 1 aromatic carbocycles. The number of benzene rings is 1. The number of carbonyl (C=O) groups is 2. The Morgan fingerprint density at radius 2 is 1.79 bits per heavy atom. The molecule has 1 N–H and O–H groups in total. The van der Waals surface area contributed by atoms with Crippen molar-refractivity contribution in [1.82, 2.24) is 14.8 Å². The minimum atomic E-state index is 0.0379. The summed E-state index contributed by atoms with van der Waals surface area (Å²) in [7, 11) is 1.64. The van der Waals surface area contributed by atoms with Gasteiger partial charge < -0.3 is 19.5 Å². The molecule has 0 aliphatic carbocycles. The van der Waals surface area contributed by atoms with Crippen molar-refractivity contribution in [2.24, 2.45) is 5.92 Å². The molecule has 0 bridgehead atoms. The number of amides is 2. The molecule has 2 fully saturated rings. The van der Waals surface area contributed by atoms with Crippen molar-refractivity contribution in [3.63, 3.8) is 0 Å². The number of carbonyl (C=O) groups excluding carboxylic acids is 2. The molecule has 150 valence electrons. The van der Waals surface area contributed by atoms with Crippen LogP contribution >= 0.6 is 0 Å². The van der Waals surface area contributed by atoms with E-state index in [1.807, 2.05) is 34.1 Å². The van der Waals surface area contributed by atoms with Crippen molar-refractivity contribution < 1.29 is 14.3 Å². The van der Waals surface area contributed by atoms with Gasteiger partial charge in [0.25, 0.3) is 5.91 Å². The first-order valence-electron chi connectivity index (χ1n) is 10.4. The van der Waals surface area contributed by atoms with Gasteiger partial charge in [0, 0.05) is 49.6 Å². The molecule has 2 saturated heterocycles. The molecule has 2 aliphatic heterocycles. The molecular weight excluding hydrogens is 354 g/mol. The number of ether oxygens (including phenoxy) is 1. The number of nitrogens with one attached hydrogen (secondary N) is 1. The van der Waals surface area contributed by atoms with E-state index in [0.717, 1.165) is 68.5 Å². The van der Waals surface area contributed by atoms with Gasteiger partial charge in [-0.05, 0) is 56.2 Å². The highest BCUT2D eigenvalue weighted by Gasteiger charge is 2.27. The highest BCUT2D eigenvalue weighted by molar-refractivity contribution is 5.98. The molecule has 6 heteroatoms. The third kappa shape index (κ3) is 4.01. The van der Waals surface area contributed by atoms with Crippen molar-refractivity contribution in [2.45, 2.75) is 38.5 Å². The molecule has 0 spiro atoms. The summed E-state index contributed by atoms with van der Waals surface area (Å²) in [5, 5.41) is 1.01. The second kappa shape index (κ2) is 8.25. The minimum absolute atomic E-state index is 0.0379. The van der Waals surface area contributed by atoms with E-state index in [2.05, 4.69) is 4.98 Å². The van der Waals surface area contributed by atoms with Gasteiger partial charge in [-0.1, -0.05) is 0 Å². The molecule has 0 unspecified atom stereocenters.